The van der Waals surface area contributed by atoms with Crippen molar-refractivity contribution in [1.82, 2.24) is 4.57 Å². The highest BCUT2D eigenvalue weighted by Crippen LogP contribution is 2.35. The van der Waals surface area contributed by atoms with E-state index in [0.29, 0.717) is 30.5 Å². The number of hydrogen-bond donors (Lipinski definition) is 1. The molecule has 1 N–H and O–H groups in total. The van der Waals surface area contributed by atoms with E-state index in [0.717, 1.165) is 23.1 Å². The standard InChI is InChI=1S/C21H16F3NO3/c22-21(23,24)14-5-3-4-12(10-14)19(26)25-17-7-2-1-6-15(17)16-11-13(20(27)28)8-9-18(16)25/h1-7,10,13H,8-9,11H2,(H,27,28). The normalized spacial score (nSPS) is 16.8. The number of aromatic nitrogens is 1. The summed E-state index contributed by atoms with van der Waals surface area (Å²) in [5, 5.41) is 10.1. The van der Waals surface area contributed by atoms with Crippen LogP contribution in [-0.4, -0.2) is 21.6 Å². The average molecular weight is 387 g/mol. The van der Waals surface area contributed by atoms with Gasteiger partial charge < -0.3 is 5.11 Å². The molecular weight excluding hydrogens is 371 g/mol. The second kappa shape index (κ2) is 6.51. The topological polar surface area (TPSA) is 59.3 Å². The maximum atomic E-state index is 13.2. The van der Waals surface area contributed by atoms with Gasteiger partial charge in [0.2, 0.25) is 0 Å². The van der Waals surface area contributed by atoms with Crippen LogP contribution in [0.3, 0.4) is 0 Å². The molecule has 0 radical (unpaired) electrons. The van der Waals surface area contributed by atoms with Gasteiger partial charge in [0, 0.05) is 16.6 Å². The van der Waals surface area contributed by atoms with E-state index in [-0.39, 0.29) is 5.56 Å². The maximum Gasteiger partial charge on any atom is 0.416 e. The lowest BCUT2D eigenvalue weighted by Crippen LogP contribution is -2.24. The van der Waals surface area contributed by atoms with Gasteiger partial charge in [0.15, 0.2) is 0 Å². The molecule has 0 aliphatic heterocycles. The number of halogens is 3. The summed E-state index contributed by atoms with van der Waals surface area (Å²) in [6, 6.07) is 11.5. The molecule has 1 unspecified atom stereocenters. The van der Waals surface area contributed by atoms with Crippen LogP contribution in [0.2, 0.25) is 0 Å². The lowest BCUT2D eigenvalue weighted by atomic mass is 9.86. The maximum absolute atomic E-state index is 13.2. The summed E-state index contributed by atoms with van der Waals surface area (Å²) in [7, 11) is 0. The van der Waals surface area contributed by atoms with Crippen molar-refractivity contribution >= 4 is 22.8 Å². The van der Waals surface area contributed by atoms with Gasteiger partial charge in [-0.25, -0.2) is 0 Å². The molecule has 0 spiro atoms. The lowest BCUT2D eigenvalue weighted by molar-refractivity contribution is -0.142. The van der Waals surface area contributed by atoms with Gasteiger partial charge in [0.25, 0.3) is 5.91 Å². The molecule has 0 amide bonds. The molecule has 0 bridgehead atoms. The summed E-state index contributed by atoms with van der Waals surface area (Å²) in [4.78, 5) is 24.6. The number of aliphatic carboxylic acids is 1. The molecule has 28 heavy (non-hydrogen) atoms. The summed E-state index contributed by atoms with van der Waals surface area (Å²) < 4.78 is 40.6. The van der Waals surface area contributed by atoms with Crippen molar-refractivity contribution in [1.29, 1.82) is 0 Å². The highest BCUT2D eigenvalue weighted by molar-refractivity contribution is 6.04. The van der Waals surface area contributed by atoms with Crippen molar-refractivity contribution in [3.05, 3.63) is 70.9 Å². The summed E-state index contributed by atoms with van der Waals surface area (Å²) in [5.41, 5.74) is 1.12. The summed E-state index contributed by atoms with van der Waals surface area (Å²) >= 11 is 0. The number of alkyl halides is 3. The van der Waals surface area contributed by atoms with Crippen molar-refractivity contribution in [2.75, 3.05) is 0 Å². The predicted molar refractivity (Wildman–Crippen MR) is 96.3 cm³/mol. The first-order valence-corrected chi connectivity index (χ1v) is 8.83. The molecule has 0 saturated heterocycles. The third-order valence-electron chi connectivity index (χ3n) is 5.26. The van der Waals surface area contributed by atoms with E-state index in [4.69, 9.17) is 0 Å². The number of fused-ring (bicyclic) bond motifs is 3. The van der Waals surface area contributed by atoms with Crippen molar-refractivity contribution in [2.45, 2.75) is 25.4 Å². The number of carboxylic acid groups (broad SMARTS) is 1. The zero-order valence-corrected chi connectivity index (χ0v) is 14.7. The minimum atomic E-state index is -4.54. The van der Waals surface area contributed by atoms with E-state index in [9.17, 15) is 27.9 Å². The van der Waals surface area contributed by atoms with E-state index in [1.807, 2.05) is 6.07 Å². The highest BCUT2D eigenvalue weighted by atomic mass is 19.4. The Labute approximate surface area is 158 Å². The molecule has 4 nitrogen and oxygen atoms in total. The fourth-order valence-corrected chi connectivity index (χ4v) is 3.91. The molecule has 0 fully saturated rings. The predicted octanol–water partition coefficient (Wildman–Crippen LogP) is 4.54. The number of rotatable bonds is 2. The average Bonchev–Trinajstić information content (AvgIpc) is 3.00. The zero-order chi connectivity index (χ0) is 20.1. The number of carboxylic acids is 1. The van der Waals surface area contributed by atoms with Gasteiger partial charge in [-0.3, -0.25) is 14.2 Å². The Morgan fingerprint density at radius 3 is 2.54 bits per heavy atom. The van der Waals surface area contributed by atoms with Gasteiger partial charge in [0.1, 0.15) is 0 Å². The second-order valence-electron chi connectivity index (χ2n) is 6.94. The first-order chi connectivity index (χ1) is 13.3. The molecule has 2 aromatic carbocycles. The van der Waals surface area contributed by atoms with E-state index in [2.05, 4.69) is 0 Å². The Morgan fingerprint density at radius 2 is 1.82 bits per heavy atom. The van der Waals surface area contributed by atoms with Crippen molar-refractivity contribution in [3.63, 3.8) is 0 Å². The fraction of sp³-hybridized carbons (Fsp3) is 0.238. The molecule has 3 aromatic rings. The first kappa shape index (κ1) is 18.3. The molecule has 4 rings (SSSR count). The monoisotopic (exact) mass is 387 g/mol. The van der Waals surface area contributed by atoms with Crippen LogP contribution in [0.4, 0.5) is 13.2 Å². The van der Waals surface area contributed by atoms with Gasteiger partial charge in [-0.05, 0) is 49.1 Å². The van der Waals surface area contributed by atoms with Gasteiger partial charge in [-0.1, -0.05) is 24.3 Å². The Hall–Kier alpha value is -3.09. The van der Waals surface area contributed by atoms with Crippen molar-refractivity contribution < 1.29 is 27.9 Å². The van der Waals surface area contributed by atoms with Crippen LogP contribution in [0, 0.1) is 5.92 Å². The molecular formula is C21H16F3NO3. The molecule has 1 aliphatic carbocycles. The lowest BCUT2D eigenvalue weighted by Gasteiger charge is -2.20. The van der Waals surface area contributed by atoms with Crippen molar-refractivity contribution in [2.24, 2.45) is 5.92 Å². The first-order valence-electron chi connectivity index (χ1n) is 8.83. The number of nitrogens with zero attached hydrogens (tertiary/aromatic N) is 1. The van der Waals surface area contributed by atoms with Crippen LogP contribution in [-0.2, 0) is 23.8 Å². The van der Waals surface area contributed by atoms with Gasteiger partial charge in [-0.15, -0.1) is 0 Å². The highest BCUT2D eigenvalue weighted by Gasteiger charge is 2.33. The van der Waals surface area contributed by atoms with Gasteiger partial charge >= 0.3 is 12.1 Å². The van der Waals surface area contributed by atoms with Crippen LogP contribution in [0.25, 0.3) is 10.9 Å². The Morgan fingerprint density at radius 1 is 1.07 bits per heavy atom. The molecule has 1 aromatic heterocycles. The Kier molecular flexibility index (Phi) is 4.25. The van der Waals surface area contributed by atoms with E-state index >= 15 is 0 Å². The fourth-order valence-electron chi connectivity index (χ4n) is 3.91. The largest absolute Gasteiger partial charge is 0.481 e. The minimum absolute atomic E-state index is 0.0567. The third-order valence-corrected chi connectivity index (χ3v) is 5.26. The van der Waals surface area contributed by atoms with Crippen LogP contribution in [0.1, 0.15) is 33.6 Å². The summed E-state index contributed by atoms with van der Waals surface area (Å²) in [6.07, 6.45) is -3.47. The quantitative estimate of drug-likeness (QED) is 0.702. The summed E-state index contributed by atoms with van der Waals surface area (Å²) in [5.74, 6) is -1.96. The van der Waals surface area contributed by atoms with Crippen LogP contribution in [0.5, 0.6) is 0 Å². The molecule has 1 heterocycles. The van der Waals surface area contributed by atoms with Gasteiger partial charge in [0.05, 0.1) is 17.0 Å². The van der Waals surface area contributed by atoms with Crippen LogP contribution >= 0.6 is 0 Å². The molecule has 144 valence electrons. The van der Waals surface area contributed by atoms with E-state index in [1.165, 1.54) is 16.7 Å². The smallest absolute Gasteiger partial charge is 0.416 e. The van der Waals surface area contributed by atoms with Crippen LogP contribution in [0.15, 0.2) is 48.5 Å². The summed E-state index contributed by atoms with van der Waals surface area (Å²) in [6.45, 7) is 0. The number of hydrogen-bond acceptors (Lipinski definition) is 2. The Balaban J connectivity index is 1.86. The zero-order valence-electron chi connectivity index (χ0n) is 14.7. The van der Waals surface area contributed by atoms with Gasteiger partial charge in [-0.2, -0.15) is 13.2 Å². The molecule has 1 aliphatic rings. The SMILES string of the molecule is O=C(O)C1CCc2c(c3ccccc3n2C(=O)c2cccc(C(F)(F)F)c2)C1. The van der Waals surface area contributed by atoms with E-state index < -0.39 is 29.5 Å². The minimum Gasteiger partial charge on any atom is -0.481 e. The van der Waals surface area contributed by atoms with E-state index in [1.54, 1.807) is 18.2 Å². The number of carbonyl (C=O) groups is 2. The molecule has 7 heteroatoms. The number of carbonyl (C=O) groups excluding carboxylic acids is 1. The number of para-hydroxylation sites is 1. The van der Waals surface area contributed by atoms with Crippen LogP contribution < -0.4 is 0 Å². The Bertz CT molecular complexity index is 1100. The third kappa shape index (κ3) is 2.96. The number of benzene rings is 2. The molecule has 1 atom stereocenters. The second-order valence-corrected chi connectivity index (χ2v) is 6.94. The molecule has 0 saturated carbocycles. The van der Waals surface area contributed by atoms with Crippen molar-refractivity contribution in [3.8, 4) is 0 Å².